The van der Waals surface area contributed by atoms with Gasteiger partial charge in [0, 0.05) is 22.5 Å². The van der Waals surface area contributed by atoms with E-state index >= 15 is 0 Å². The van der Waals surface area contributed by atoms with E-state index in [2.05, 4.69) is 28.2 Å². The first-order valence-electron chi connectivity index (χ1n) is 6.37. The van der Waals surface area contributed by atoms with E-state index in [0.717, 1.165) is 23.7 Å². The molecule has 1 aromatic carbocycles. The van der Waals surface area contributed by atoms with E-state index in [9.17, 15) is 4.79 Å². The third-order valence-corrected chi connectivity index (χ3v) is 4.40. The van der Waals surface area contributed by atoms with Crippen molar-refractivity contribution in [1.82, 2.24) is 5.32 Å². The zero-order valence-electron chi connectivity index (χ0n) is 10.9. The van der Waals surface area contributed by atoms with Crippen molar-refractivity contribution in [2.45, 2.75) is 26.2 Å². The van der Waals surface area contributed by atoms with Crippen LogP contribution in [0, 0.1) is 5.92 Å². The first-order valence-corrected chi connectivity index (χ1v) is 8.08. The Morgan fingerprint density at radius 2 is 2.16 bits per heavy atom. The number of hydrogen-bond acceptors (Lipinski definition) is 1. The van der Waals surface area contributed by atoms with Crippen LogP contribution < -0.4 is 5.32 Å². The summed E-state index contributed by atoms with van der Waals surface area (Å²) in [5, 5.41) is 3.48. The van der Waals surface area contributed by atoms with Crippen LogP contribution in [0.4, 0.5) is 0 Å². The molecule has 0 aliphatic heterocycles. The molecule has 1 atom stereocenters. The van der Waals surface area contributed by atoms with Crippen LogP contribution in [0.3, 0.4) is 0 Å². The largest absolute Gasteiger partial charge is 0.352 e. The summed E-state index contributed by atoms with van der Waals surface area (Å²) in [5.74, 6) is 0.979. The van der Waals surface area contributed by atoms with Crippen LogP contribution in [0.2, 0.25) is 5.02 Å². The lowest BCUT2D eigenvalue weighted by Crippen LogP contribution is -2.29. The van der Waals surface area contributed by atoms with Crippen LogP contribution in [0.5, 0.6) is 0 Å². The first kappa shape index (κ1) is 16.8. The van der Waals surface area contributed by atoms with Crippen molar-refractivity contribution < 1.29 is 4.79 Å². The van der Waals surface area contributed by atoms with Crippen LogP contribution in [0.15, 0.2) is 22.7 Å². The van der Waals surface area contributed by atoms with Crippen LogP contribution in [-0.4, -0.2) is 18.3 Å². The molecular weight excluding hydrogens is 349 g/mol. The van der Waals surface area contributed by atoms with Gasteiger partial charge in [0.15, 0.2) is 0 Å². The van der Waals surface area contributed by atoms with E-state index < -0.39 is 0 Å². The molecule has 1 rings (SSSR count). The molecule has 0 aliphatic rings. The minimum absolute atomic E-state index is 0.0925. The zero-order valence-corrected chi connectivity index (χ0v) is 14.0. The fraction of sp³-hybridized carbons (Fsp3) is 0.500. The van der Waals surface area contributed by atoms with Crippen LogP contribution in [0.25, 0.3) is 0 Å². The van der Waals surface area contributed by atoms with Gasteiger partial charge in [0.1, 0.15) is 0 Å². The van der Waals surface area contributed by atoms with Crippen LogP contribution >= 0.6 is 39.1 Å². The molecule has 1 aromatic rings. The number of alkyl halides is 1. The quantitative estimate of drug-likeness (QED) is 0.684. The summed E-state index contributed by atoms with van der Waals surface area (Å²) in [4.78, 5) is 12.0. The second kappa shape index (κ2) is 8.83. The first-order chi connectivity index (χ1) is 9.08. The van der Waals surface area contributed by atoms with Crippen molar-refractivity contribution in [3.05, 3.63) is 33.3 Å². The molecule has 0 radical (unpaired) electrons. The van der Waals surface area contributed by atoms with Gasteiger partial charge >= 0.3 is 0 Å². The Labute approximate surface area is 133 Å². The Bertz CT molecular complexity index is 420. The molecule has 0 spiro atoms. The number of hydrogen-bond donors (Lipinski definition) is 1. The Balaban J connectivity index is 2.56. The molecule has 1 amide bonds. The van der Waals surface area contributed by atoms with Crippen molar-refractivity contribution in [2.24, 2.45) is 5.92 Å². The van der Waals surface area contributed by atoms with Gasteiger partial charge < -0.3 is 5.32 Å². The van der Waals surface area contributed by atoms with Crippen molar-refractivity contribution in [3.63, 3.8) is 0 Å². The van der Waals surface area contributed by atoms with Crippen molar-refractivity contribution in [1.29, 1.82) is 0 Å². The zero-order chi connectivity index (χ0) is 14.3. The number of nitrogens with one attached hydrogen (secondary N) is 1. The van der Waals surface area contributed by atoms with E-state index in [1.807, 2.05) is 0 Å². The lowest BCUT2D eigenvalue weighted by Gasteiger charge is -2.15. The van der Waals surface area contributed by atoms with Gasteiger partial charge in [-0.1, -0.05) is 24.9 Å². The standard InChI is InChI=1S/C14H18BrCl2NO/c1-2-3-10(6-7-16)9-18-14(19)11-4-5-12(15)13(17)8-11/h4-5,8,10H,2-3,6-7,9H2,1H3,(H,18,19). The summed E-state index contributed by atoms with van der Waals surface area (Å²) in [6, 6.07) is 5.19. The molecular formula is C14H18BrCl2NO. The van der Waals surface area contributed by atoms with E-state index in [4.69, 9.17) is 23.2 Å². The molecule has 0 saturated carbocycles. The monoisotopic (exact) mass is 365 g/mol. The van der Waals surface area contributed by atoms with Gasteiger partial charge in [-0.2, -0.15) is 0 Å². The molecule has 0 aromatic heterocycles. The van der Waals surface area contributed by atoms with E-state index in [1.165, 1.54) is 0 Å². The third kappa shape index (κ3) is 5.72. The molecule has 19 heavy (non-hydrogen) atoms. The number of rotatable bonds is 7. The maximum Gasteiger partial charge on any atom is 0.251 e. The molecule has 5 heteroatoms. The molecule has 0 aliphatic carbocycles. The van der Waals surface area contributed by atoms with Crippen molar-refractivity contribution in [2.75, 3.05) is 12.4 Å². The Morgan fingerprint density at radius 1 is 1.42 bits per heavy atom. The second-order valence-corrected chi connectivity index (χ2v) is 6.11. The molecule has 106 valence electrons. The summed E-state index contributed by atoms with van der Waals surface area (Å²) in [5.41, 5.74) is 0.578. The maximum absolute atomic E-state index is 12.0. The number of halogens is 3. The highest BCUT2D eigenvalue weighted by atomic mass is 79.9. The van der Waals surface area contributed by atoms with E-state index in [1.54, 1.807) is 18.2 Å². The van der Waals surface area contributed by atoms with Crippen molar-refractivity contribution >= 4 is 45.0 Å². The van der Waals surface area contributed by atoms with Crippen LogP contribution in [0.1, 0.15) is 36.5 Å². The van der Waals surface area contributed by atoms with Gasteiger partial charge in [-0.25, -0.2) is 0 Å². The lowest BCUT2D eigenvalue weighted by atomic mass is 10.0. The summed E-state index contributed by atoms with van der Waals surface area (Å²) in [6.45, 7) is 2.80. The Hall–Kier alpha value is -0.250. The number of benzene rings is 1. The second-order valence-electron chi connectivity index (χ2n) is 4.47. The molecule has 1 N–H and O–H groups in total. The maximum atomic E-state index is 12.0. The van der Waals surface area contributed by atoms with Gasteiger partial charge in [0.05, 0.1) is 5.02 Å². The highest BCUT2D eigenvalue weighted by Gasteiger charge is 2.11. The van der Waals surface area contributed by atoms with Crippen LogP contribution in [-0.2, 0) is 0 Å². The summed E-state index contributed by atoms with van der Waals surface area (Å²) in [7, 11) is 0. The highest BCUT2D eigenvalue weighted by molar-refractivity contribution is 9.10. The predicted molar refractivity (Wildman–Crippen MR) is 85.2 cm³/mol. The van der Waals surface area contributed by atoms with Gasteiger partial charge in [0.25, 0.3) is 5.91 Å². The lowest BCUT2D eigenvalue weighted by molar-refractivity contribution is 0.0946. The molecule has 0 saturated heterocycles. The van der Waals surface area contributed by atoms with Crippen molar-refractivity contribution in [3.8, 4) is 0 Å². The van der Waals surface area contributed by atoms with Gasteiger partial charge in [0.2, 0.25) is 0 Å². The molecule has 2 nitrogen and oxygen atoms in total. The molecule has 1 unspecified atom stereocenters. The minimum Gasteiger partial charge on any atom is -0.352 e. The molecule has 0 bridgehead atoms. The number of carbonyl (C=O) groups is 1. The smallest absolute Gasteiger partial charge is 0.251 e. The predicted octanol–water partition coefficient (Wildman–Crippen LogP) is 4.88. The average molecular weight is 367 g/mol. The van der Waals surface area contributed by atoms with E-state index in [-0.39, 0.29) is 5.91 Å². The topological polar surface area (TPSA) is 29.1 Å². The minimum atomic E-state index is -0.0925. The fourth-order valence-corrected chi connectivity index (χ4v) is 2.62. The van der Waals surface area contributed by atoms with Gasteiger partial charge in [-0.3, -0.25) is 4.79 Å². The normalized spacial score (nSPS) is 12.2. The highest BCUT2D eigenvalue weighted by Crippen LogP contribution is 2.23. The SMILES string of the molecule is CCCC(CCCl)CNC(=O)c1ccc(Br)c(Cl)c1. The van der Waals surface area contributed by atoms with Gasteiger partial charge in [-0.15, -0.1) is 11.6 Å². The number of amides is 1. The van der Waals surface area contributed by atoms with E-state index in [0.29, 0.717) is 28.9 Å². The van der Waals surface area contributed by atoms with Gasteiger partial charge in [-0.05, 0) is 52.9 Å². The molecule has 0 heterocycles. The Kier molecular flexibility index (Phi) is 7.81. The molecule has 0 fully saturated rings. The summed E-state index contributed by atoms with van der Waals surface area (Å²) < 4.78 is 0.789. The fourth-order valence-electron chi connectivity index (χ4n) is 1.89. The third-order valence-electron chi connectivity index (χ3n) is 2.95. The Morgan fingerprint density at radius 3 is 2.74 bits per heavy atom. The summed E-state index contributed by atoms with van der Waals surface area (Å²) >= 11 is 15.0. The average Bonchev–Trinajstić information content (AvgIpc) is 2.39. The number of carbonyl (C=O) groups excluding carboxylic acids is 1. The summed E-state index contributed by atoms with van der Waals surface area (Å²) in [6.07, 6.45) is 3.10.